The molecule has 0 saturated heterocycles. The standard InChI is InChI=1S/C9H17NO2S/c1-3-12-9(13)10-7-5-4-6-8(2)11/h3-7H2,1-2H3,(H,10,13). The smallest absolute Gasteiger partial charge is 0.256 e. The summed E-state index contributed by atoms with van der Waals surface area (Å²) >= 11 is 4.85. The predicted molar refractivity (Wildman–Crippen MR) is 56.8 cm³/mol. The highest BCUT2D eigenvalue weighted by atomic mass is 32.1. The molecule has 3 nitrogen and oxygen atoms in total. The lowest BCUT2D eigenvalue weighted by atomic mass is 10.2. The van der Waals surface area contributed by atoms with Crippen molar-refractivity contribution in [1.29, 1.82) is 0 Å². The second-order valence-corrected chi connectivity index (χ2v) is 3.18. The molecule has 0 aromatic carbocycles. The van der Waals surface area contributed by atoms with E-state index in [0.29, 0.717) is 18.2 Å². The maximum Gasteiger partial charge on any atom is 0.256 e. The number of unbranched alkanes of at least 4 members (excludes halogenated alkanes) is 1. The number of thiocarbonyl (C=S) groups is 1. The van der Waals surface area contributed by atoms with E-state index in [9.17, 15) is 4.79 Å². The fourth-order valence-electron chi connectivity index (χ4n) is 0.872. The fourth-order valence-corrected chi connectivity index (χ4v) is 1.09. The number of ether oxygens (including phenoxy) is 1. The lowest BCUT2D eigenvalue weighted by molar-refractivity contribution is -0.117. The summed E-state index contributed by atoms with van der Waals surface area (Å²) in [7, 11) is 0. The Morgan fingerprint density at radius 3 is 2.69 bits per heavy atom. The topological polar surface area (TPSA) is 38.3 Å². The predicted octanol–water partition coefficient (Wildman–Crippen LogP) is 1.66. The molecule has 0 bridgehead atoms. The molecule has 0 aliphatic carbocycles. The van der Waals surface area contributed by atoms with Gasteiger partial charge < -0.3 is 14.8 Å². The Kier molecular flexibility index (Phi) is 7.59. The molecule has 0 fully saturated rings. The first-order chi connectivity index (χ1) is 6.16. The maximum atomic E-state index is 10.6. The summed E-state index contributed by atoms with van der Waals surface area (Å²) in [4.78, 5) is 10.6. The average molecular weight is 203 g/mol. The summed E-state index contributed by atoms with van der Waals surface area (Å²) in [5.41, 5.74) is 0. The van der Waals surface area contributed by atoms with Crippen molar-refractivity contribution >= 4 is 23.2 Å². The van der Waals surface area contributed by atoms with Crippen LogP contribution in [0.15, 0.2) is 0 Å². The quantitative estimate of drug-likeness (QED) is 0.526. The molecule has 0 heterocycles. The van der Waals surface area contributed by atoms with E-state index in [0.717, 1.165) is 19.4 Å². The Morgan fingerprint density at radius 1 is 1.46 bits per heavy atom. The van der Waals surface area contributed by atoms with Crippen LogP contribution in [0.5, 0.6) is 0 Å². The number of carbonyl (C=O) groups excluding carboxylic acids is 1. The average Bonchev–Trinajstić information content (AvgIpc) is 2.03. The first-order valence-corrected chi connectivity index (χ1v) is 4.97. The van der Waals surface area contributed by atoms with Gasteiger partial charge in [-0.1, -0.05) is 0 Å². The van der Waals surface area contributed by atoms with Gasteiger partial charge in [0.15, 0.2) is 0 Å². The number of Topliss-reactive ketones (excluding diaryl/α,β-unsaturated/α-hetero) is 1. The molecule has 1 N–H and O–H groups in total. The zero-order chi connectivity index (χ0) is 10.1. The molecule has 0 radical (unpaired) electrons. The van der Waals surface area contributed by atoms with Crippen LogP contribution < -0.4 is 5.32 Å². The van der Waals surface area contributed by atoms with Gasteiger partial charge in [-0.25, -0.2) is 0 Å². The van der Waals surface area contributed by atoms with E-state index >= 15 is 0 Å². The Balaban J connectivity index is 3.16. The van der Waals surface area contributed by atoms with Crippen molar-refractivity contribution < 1.29 is 9.53 Å². The molecule has 0 aliphatic heterocycles. The van der Waals surface area contributed by atoms with Crippen molar-refractivity contribution in [2.24, 2.45) is 0 Å². The second-order valence-electron chi connectivity index (χ2n) is 2.81. The van der Waals surface area contributed by atoms with E-state index in [1.54, 1.807) is 6.92 Å². The summed E-state index contributed by atoms with van der Waals surface area (Å²) in [6, 6.07) is 0. The molecule has 0 atom stereocenters. The number of hydrogen-bond donors (Lipinski definition) is 1. The van der Waals surface area contributed by atoms with Crippen molar-refractivity contribution in [1.82, 2.24) is 5.32 Å². The van der Waals surface area contributed by atoms with Gasteiger partial charge in [0.2, 0.25) is 0 Å². The van der Waals surface area contributed by atoms with E-state index in [4.69, 9.17) is 17.0 Å². The summed E-state index contributed by atoms with van der Waals surface area (Å²) in [5.74, 6) is 0.243. The molecule has 0 aliphatic rings. The first-order valence-electron chi connectivity index (χ1n) is 4.57. The van der Waals surface area contributed by atoms with Crippen LogP contribution in [-0.2, 0) is 9.53 Å². The van der Waals surface area contributed by atoms with Gasteiger partial charge in [-0.3, -0.25) is 0 Å². The third-order valence-electron chi connectivity index (χ3n) is 1.50. The highest BCUT2D eigenvalue weighted by molar-refractivity contribution is 7.80. The molecule has 0 spiro atoms. The minimum atomic E-state index is 0.243. The molecular formula is C9H17NO2S. The van der Waals surface area contributed by atoms with E-state index in [1.165, 1.54) is 0 Å². The zero-order valence-corrected chi connectivity index (χ0v) is 9.08. The van der Waals surface area contributed by atoms with Crippen LogP contribution in [0.1, 0.15) is 33.1 Å². The monoisotopic (exact) mass is 203 g/mol. The normalized spacial score (nSPS) is 9.38. The number of hydrogen-bond acceptors (Lipinski definition) is 3. The summed E-state index contributed by atoms with van der Waals surface area (Å²) in [6.07, 6.45) is 2.52. The molecule has 0 aromatic rings. The molecule has 13 heavy (non-hydrogen) atoms. The van der Waals surface area contributed by atoms with E-state index in [2.05, 4.69) is 5.32 Å². The molecule has 0 amide bonds. The number of ketones is 1. The third-order valence-corrected chi connectivity index (χ3v) is 1.76. The van der Waals surface area contributed by atoms with Crippen molar-refractivity contribution in [2.75, 3.05) is 13.2 Å². The lowest BCUT2D eigenvalue weighted by Crippen LogP contribution is -2.24. The van der Waals surface area contributed by atoms with Crippen LogP contribution in [0.4, 0.5) is 0 Å². The van der Waals surface area contributed by atoms with Gasteiger partial charge in [-0.15, -0.1) is 0 Å². The zero-order valence-electron chi connectivity index (χ0n) is 8.26. The van der Waals surface area contributed by atoms with Crippen molar-refractivity contribution in [2.45, 2.75) is 33.1 Å². The Labute approximate surface area is 84.8 Å². The number of carbonyl (C=O) groups is 1. The van der Waals surface area contributed by atoms with Crippen LogP contribution in [0, 0.1) is 0 Å². The Morgan fingerprint density at radius 2 is 2.15 bits per heavy atom. The van der Waals surface area contributed by atoms with Crippen LogP contribution in [0.25, 0.3) is 0 Å². The SMILES string of the molecule is CCOC(=S)NCCCCC(C)=O. The van der Waals surface area contributed by atoms with Gasteiger partial charge in [-0.05, 0) is 38.9 Å². The Hall–Kier alpha value is -0.640. The third kappa shape index (κ3) is 9.27. The summed E-state index contributed by atoms with van der Waals surface area (Å²) < 4.78 is 5.02. The number of rotatable bonds is 6. The van der Waals surface area contributed by atoms with Crippen molar-refractivity contribution in [3.63, 3.8) is 0 Å². The van der Waals surface area contributed by atoms with Gasteiger partial charge in [0.1, 0.15) is 5.78 Å². The number of nitrogens with one attached hydrogen (secondary N) is 1. The molecule has 76 valence electrons. The maximum absolute atomic E-state index is 10.6. The van der Waals surface area contributed by atoms with Gasteiger partial charge in [-0.2, -0.15) is 0 Å². The molecular weight excluding hydrogens is 186 g/mol. The van der Waals surface area contributed by atoms with Crippen molar-refractivity contribution in [3.05, 3.63) is 0 Å². The molecule has 0 unspecified atom stereocenters. The second kappa shape index (κ2) is 7.98. The van der Waals surface area contributed by atoms with Crippen LogP contribution >= 0.6 is 12.2 Å². The summed E-state index contributed by atoms with van der Waals surface area (Å²) in [5, 5.41) is 3.40. The Bertz CT molecular complexity index is 171. The fraction of sp³-hybridized carbons (Fsp3) is 0.778. The minimum absolute atomic E-state index is 0.243. The van der Waals surface area contributed by atoms with Crippen LogP contribution in [0.2, 0.25) is 0 Å². The summed E-state index contributed by atoms with van der Waals surface area (Å²) in [6.45, 7) is 4.88. The van der Waals surface area contributed by atoms with E-state index in [-0.39, 0.29) is 5.78 Å². The molecule has 4 heteroatoms. The minimum Gasteiger partial charge on any atom is -0.471 e. The largest absolute Gasteiger partial charge is 0.471 e. The van der Waals surface area contributed by atoms with Crippen LogP contribution in [0.3, 0.4) is 0 Å². The molecule has 0 saturated carbocycles. The van der Waals surface area contributed by atoms with E-state index < -0.39 is 0 Å². The lowest BCUT2D eigenvalue weighted by Gasteiger charge is -2.06. The highest BCUT2D eigenvalue weighted by Crippen LogP contribution is 1.94. The van der Waals surface area contributed by atoms with E-state index in [1.807, 2.05) is 6.92 Å². The van der Waals surface area contributed by atoms with Gasteiger partial charge >= 0.3 is 0 Å². The van der Waals surface area contributed by atoms with Crippen molar-refractivity contribution in [3.8, 4) is 0 Å². The van der Waals surface area contributed by atoms with Gasteiger partial charge in [0.25, 0.3) is 5.17 Å². The van der Waals surface area contributed by atoms with Crippen LogP contribution in [-0.4, -0.2) is 24.1 Å². The van der Waals surface area contributed by atoms with Gasteiger partial charge in [0, 0.05) is 13.0 Å². The van der Waals surface area contributed by atoms with Gasteiger partial charge in [0.05, 0.1) is 6.61 Å². The first kappa shape index (κ1) is 12.4. The molecule has 0 aromatic heterocycles. The highest BCUT2D eigenvalue weighted by Gasteiger charge is 1.95. The molecule has 0 rings (SSSR count).